The minimum atomic E-state index is -1.47. The smallest absolute Gasteiger partial charge is 0.261 e. The van der Waals surface area contributed by atoms with Crippen molar-refractivity contribution < 1.29 is 9.90 Å². The number of hydrogen-bond donors (Lipinski definition) is 2. The Balaban J connectivity index is 1.83. The number of aryl methyl sites for hydroxylation is 1. The predicted molar refractivity (Wildman–Crippen MR) is 90.2 cm³/mol. The number of pyridine rings is 1. The van der Waals surface area contributed by atoms with E-state index in [1.54, 1.807) is 6.20 Å². The number of amides is 1. The van der Waals surface area contributed by atoms with Gasteiger partial charge in [-0.1, -0.05) is 38.1 Å². The normalized spacial score (nSPS) is 20.2. The molecule has 0 spiro atoms. The number of hydrogen-bond acceptors (Lipinski definition) is 3. The number of carbonyl (C=O) groups is 1. The molecule has 23 heavy (non-hydrogen) atoms. The van der Waals surface area contributed by atoms with Crippen molar-refractivity contribution >= 4 is 11.6 Å². The van der Waals surface area contributed by atoms with E-state index in [0.29, 0.717) is 18.0 Å². The van der Waals surface area contributed by atoms with Crippen molar-refractivity contribution in [1.82, 2.24) is 4.98 Å². The molecule has 1 aliphatic rings. The molecule has 0 bridgehead atoms. The molecule has 120 valence electrons. The van der Waals surface area contributed by atoms with Crippen LogP contribution in [0.15, 0.2) is 42.6 Å². The van der Waals surface area contributed by atoms with Gasteiger partial charge in [0.15, 0.2) is 5.60 Å². The van der Waals surface area contributed by atoms with Gasteiger partial charge in [0.1, 0.15) is 0 Å². The van der Waals surface area contributed by atoms with Crippen LogP contribution in [-0.2, 0) is 16.8 Å². The third kappa shape index (κ3) is 2.99. The molecule has 4 nitrogen and oxygen atoms in total. The van der Waals surface area contributed by atoms with Crippen molar-refractivity contribution in [2.75, 3.05) is 5.32 Å². The van der Waals surface area contributed by atoms with E-state index in [-0.39, 0.29) is 5.91 Å². The molecule has 0 saturated heterocycles. The van der Waals surface area contributed by atoms with Gasteiger partial charge in [0, 0.05) is 5.69 Å². The average Bonchev–Trinajstić information content (AvgIpc) is 2.56. The quantitative estimate of drug-likeness (QED) is 0.913. The van der Waals surface area contributed by atoms with E-state index in [1.807, 2.05) is 36.4 Å². The maximum Gasteiger partial charge on any atom is 0.261 e. The molecule has 1 aromatic carbocycles. The topological polar surface area (TPSA) is 62.2 Å². The van der Waals surface area contributed by atoms with Gasteiger partial charge in [-0.25, -0.2) is 0 Å². The third-order valence-electron chi connectivity index (χ3n) is 4.46. The van der Waals surface area contributed by atoms with Gasteiger partial charge in [-0.3, -0.25) is 9.78 Å². The predicted octanol–water partition coefficient (Wildman–Crippen LogP) is 3.37. The van der Waals surface area contributed by atoms with Gasteiger partial charge in [-0.05, 0) is 48.4 Å². The molecule has 2 aromatic rings. The molecule has 1 amide bonds. The molecule has 1 heterocycles. The summed E-state index contributed by atoms with van der Waals surface area (Å²) in [5.74, 6) is -0.0436. The summed E-state index contributed by atoms with van der Waals surface area (Å²) in [5.41, 5.74) is 1.88. The first-order valence-electron chi connectivity index (χ1n) is 8.09. The number of aromatic nitrogens is 1. The van der Waals surface area contributed by atoms with Crippen LogP contribution in [0.4, 0.5) is 5.69 Å². The zero-order chi connectivity index (χ0) is 16.4. The molecule has 0 fully saturated rings. The summed E-state index contributed by atoms with van der Waals surface area (Å²) in [6, 6.07) is 11.4. The maximum absolute atomic E-state index is 12.7. The lowest BCUT2D eigenvalue weighted by atomic mass is 9.78. The van der Waals surface area contributed by atoms with Gasteiger partial charge in [0.25, 0.3) is 5.91 Å². The number of aliphatic hydroxyl groups is 1. The molecular weight excluding hydrogens is 288 g/mol. The fraction of sp³-hybridized carbons (Fsp3) is 0.368. The SMILES string of the molecule is CC(C)c1ccc(NC(=O)C2(O)CCCc3ccccc32)cn1. The van der Waals surface area contributed by atoms with Crippen molar-refractivity contribution in [3.05, 3.63) is 59.4 Å². The lowest BCUT2D eigenvalue weighted by Gasteiger charge is -2.33. The molecule has 4 heteroatoms. The number of anilines is 1. The summed E-state index contributed by atoms with van der Waals surface area (Å²) < 4.78 is 0. The van der Waals surface area contributed by atoms with Gasteiger partial charge in [-0.2, -0.15) is 0 Å². The first-order chi connectivity index (χ1) is 11.0. The second-order valence-corrected chi connectivity index (χ2v) is 6.45. The maximum atomic E-state index is 12.7. The minimum absolute atomic E-state index is 0.342. The van der Waals surface area contributed by atoms with E-state index in [1.165, 1.54) is 0 Å². The molecule has 1 aromatic heterocycles. The van der Waals surface area contributed by atoms with Crippen LogP contribution in [0.1, 0.15) is 49.4 Å². The van der Waals surface area contributed by atoms with E-state index in [4.69, 9.17) is 0 Å². The number of benzene rings is 1. The van der Waals surface area contributed by atoms with Crippen LogP contribution in [0.3, 0.4) is 0 Å². The summed E-state index contributed by atoms with van der Waals surface area (Å²) in [4.78, 5) is 17.0. The highest BCUT2D eigenvalue weighted by atomic mass is 16.3. The highest BCUT2D eigenvalue weighted by Crippen LogP contribution is 2.36. The van der Waals surface area contributed by atoms with E-state index in [9.17, 15) is 9.90 Å². The first-order valence-corrected chi connectivity index (χ1v) is 8.09. The Morgan fingerprint density at radius 3 is 2.74 bits per heavy atom. The summed E-state index contributed by atoms with van der Waals surface area (Å²) in [6.45, 7) is 4.14. The van der Waals surface area contributed by atoms with Crippen LogP contribution in [0.2, 0.25) is 0 Å². The van der Waals surface area contributed by atoms with E-state index in [0.717, 1.165) is 29.7 Å². The van der Waals surface area contributed by atoms with Gasteiger partial charge in [0.05, 0.1) is 11.9 Å². The van der Waals surface area contributed by atoms with Crippen molar-refractivity contribution in [3.63, 3.8) is 0 Å². The van der Waals surface area contributed by atoms with E-state index >= 15 is 0 Å². The fourth-order valence-electron chi connectivity index (χ4n) is 3.10. The highest BCUT2D eigenvalue weighted by molar-refractivity contribution is 5.98. The Morgan fingerprint density at radius 1 is 1.26 bits per heavy atom. The number of nitrogens with zero attached hydrogens (tertiary/aromatic N) is 1. The van der Waals surface area contributed by atoms with Crippen molar-refractivity contribution in [1.29, 1.82) is 0 Å². The zero-order valence-electron chi connectivity index (χ0n) is 13.5. The Hall–Kier alpha value is -2.20. The van der Waals surface area contributed by atoms with Gasteiger partial charge in [0.2, 0.25) is 0 Å². The van der Waals surface area contributed by atoms with Crippen LogP contribution in [0, 0.1) is 0 Å². The van der Waals surface area contributed by atoms with Gasteiger partial charge < -0.3 is 10.4 Å². The van der Waals surface area contributed by atoms with Gasteiger partial charge in [-0.15, -0.1) is 0 Å². The molecule has 3 rings (SSSR count). The summed E-state index contributed by atoms with van der Waals surface area (Å²) >= 11 is 0. The largest absolute Gasteiger partial charge is 0.375 e. The number of carbonyl (C=O) groups excluding carboxylic acids is 1. The molecule has 0 saturated carbocycles. The Labute approximate surface area is 136 Å². The van der Waals surface area contributed by atoms with Crippen LogP contribution in [-0.4, -0.2) is 16.0 Å². The summed E-state index contributed by atoms with van der Waals surface area (Å²) in [5, 5.41) is 13.8. The number of fused-ring (bicyclic) bond motifs is 1. The molecule has 2 N–H and O–H groups in total. The van der Waals surface area contributed by atoms with Crippen LogP contribution < -0.4 is 5.32 Å². The Bertz CT molecular complexity index is 710. The average molecular weight is 310 g/mol. The van der Waals surface area contributed by atoms with E-state index in [2.05, 4.69) is 24.1 Å². The standard InChI is InChI=1S/C19H22N2O2/c1-13(2)17-10-9-15(12-20-17)21-18(22)19(23)11-5-7-14-6-3-4-8-16(14)19/h3-4,6,8-10,12-13,23H,5,7,11H2,1-2H3,(H,21,22). The number of rotatable bonds is 3. The number of nitrogens with one attached hydrogen (secondary N) is 1. The zero-order valence-corrected chi connectivity index (χ0v) is 13.5. The van der Waals surface area contributed by atoms with Crippen LogP contribution in [0.5, 0.6) is 0 Å². The van der Waals surface area contributed by atoms with E-state index < -0.39 is 5.60 Å². The fourth-order valence-corrected chi connectivity index (χ4v) is 3.10. The summed E-state index contributed by atoms with van der Waals surface area (Å²) in [6.07, 6.45) is 3.78. The minimum Gasteiger partial charge on any atom is -0.375 e. The van der Waals surface area contributed by atoms with Crippen molar-refractivity contribution in [2.24, 2.45) is 0 Å². The summed E-state index contributed by atoms with van der Waals surface area (Å²) in [7, 11) is 0. The van der Waals surface area contributed by atoms with Crippen LogP contribution in [0.25, 0.3) is 0 Å². The van der Waals surface area contributed by atoms with Crippen molar-refractivity contribution in [3.8, 4) is 0 Å². The monoisotopic (exact) mass is 310 g/mol. The Kier molecular flexibility index (Phi) is 4.18. The molecule has 1 atom stereocenters. The molecule has 1 unspecified atom stereocenters. The first kappa shape index (κ1) is 15.7. The second-order valence-electron chi connectivity index (χ2n) is 6.45. The second kappa shape index (κ2) is 6.13. The molecule has 1 aliphatic carbocycles. The molecule has 0 radical (unpaired) electrons. The van der Waals surface area contributed by atoms with Gasteiger partial charge >= 0.3 is 0 Å². The highest BCUT2D eigenvalue weighted by Gasteiger charge is 2.41. The van der Waals surface area contributed by atoms with Crippen molar-refractivity contribution in [2.45, 2.75) is 44.6 Å². The lowest BCUT2D eigenvalue weighted by molar-refractivity contribution is -0.136. The lowest BCUT2D eigenvalue weighted by Crippen LogP contribution is -2.42. The Morgan fingerprint density at radius 2 is 2.04 bits per heavy atom. The van der Waals surface area contributed by atoms with Crippen LogP contribution >= 0.6 is 0 Å². The third-order valence-corrected chi connectivity index (χ3v) is 4.46. The molecular formula is C19H22N2O2. The molecule has 0 aliphatic heterocycles.